The summed E-state index contributed by atoms with van der Waals surface area (Å²) in [4.78, 5) is 8.24. The second kappa shape index (κ2) is 7.72. The summed E-state index contributed by atoms with van der Waals surface area (Å²) in [5, 5.41) is 12.4. The van der Waals surface area contributed by atoms with Crippen molar-refractivity contribution in [1.29, 1.82) is 0 Å². The van der Waals surface area contributed by atoms with Crippen molar-refractivity contribution in [3.63, 3.8) is 0 Å². The van der Waals surface area contributed by atoms with Gasteiger partial charge in [-0.25, -0.2) is 14.3 Å². The molecule has 0 aromatic carbocycles. The number of nitrogen functional groups attached to an aromatic ring is 1. The van der Waals surface area contributed by atoms with Crippen LogP contribution in [-0.2, 0) is 12.8 Å². The Hall–Kier alpha value is -3.12. The molecule has 9 heteroatoms. The number of rotatable bonds is 7. The van der Waals surface area contributed by atoms with Gasteiger partial charge in [-0.3, -0.25) is 4.68 Å². The van der Waals surface area contributed by atoms with Gasteiger partial charge < -0.3 is 16.8 Å². The Morgan fingerprint density at radius 3 is 2.83 bits per heavy atom. The van der Waals surface area contributed by atoms with Crippen LogP contribution in [0.5, 0.6) is 0 Å². The molecule has 5 N–H and O–H groups in total. The van der Waals surface area contributed by atoms with E-state index in [0.29, 0.717) is 48.0 Å². The van der Waals surface area contributed by atoms with Gasteiger partial charge in [-0.2, -0.15) is 10.2 Å². The van der Waals surface area contributed by atoms with Crippen LogP contribution in [0.25, 0.3) is 10.5 Å². The summed E-state index contributed by atoms with van der Waals surface area (Å²) in [5.41, 5.74) is 16.0. The average molecular weight is 393 g/mol. The molecule has 29 heavy (non-hydrogen) atoms. The van der Waals surface area contributed by atoms with Crippen LogP contribution in [0.15, 0.2) is 12.3 Å². The third kappa shape index (κ3) is 3.29. The van der Waals surface area contributed by atoms with Gasteiger partial charge in [0.1, 0.15) is 11.6 Å². The molecule has 0 spiro atoms. The molecule has 1 fully saturated rings. The third-order valence-electron chi connectivity index (χ3n) is 5.89. The minimum atomic E-state index is 0.299. The van der Waals surface area contributed by atoms with E-state index in [1.165, 1.54) is 6.42 Å². The van der Waals surface area contributed by atoms with Gasteiger partial charge in [0.05, 0.1) is 24.0 Å². The van der Waals surface area contributed by atoms with Gasteiger partial charge in [0.25, 0.3) is 5.69 Å². The third-order valence-corrected chi connectivity index (χ3v) is 5.89. The number of fused-ring (bicyclic) bond motifs is 1. The molecule has 3 heterocycles. The molecule has 4 rings (SSSR count). The van der Waals surface area contributed by atoms with Crippen LogP contribution >= 0.6 is 0 Å². The van der Waals surface area contributed by atoms with Crippen LogP contribution in [0, 0.1) is 19.4 Å². The van der Waals surface area contributed by atoms with Crippen LogP contribution < -0.4 is 16.8 Å². The van der Waals surface area contributed by atoms with E-state index in [-0.39, 0.29) is 0 Å². The Morgan fingerprint density at radius 1 is 1.34 bits per heavy atom. The van der Waals surface area contributed by atoms with Crippen LogP contribution in [-0.4, -0.2) is 37.5 Å². The van der Waals surface area contributed by atoms with Crippen LogP contribution in [0.1, 0.15) is 42.8 Å². The zero-order valence-electron chi connectivity index (χ0n) is 16.9. The SMILES string of the molecule is [C-]#[N+]c1c(NCCc2ccn(C3CCC3CN)n2)nc2c(CC)c(C)nn2c1N. The Balaban J connectivity index is 1.50. The topological polar surface area (TPSA) is 116 Å². The molecule has 0 amide bonds. The lowest BCUT2D eigenvalue weighted by atomic mass is 9.80. The van der Waals surface area contributed by atoms with Crippen molar-refractivity contribution in [3.05, 3.63) is 40.6 Å². The van der Waals surface area contributed by atoms with Crippen molar-refractivity contribution >= 4 is 23.0 Å². The molecule has 2 unspecified atom stereocenters. The van der Waals surface area contributed by atoms with Crippen LogP contribution in [0.4, 0.5) is 17.3 Å². The molecule has 0 bridgehead atoms. The van der Waals surface area contributed by atoms with Gasteiger partial charge in [-0.05, 0) is 44.7 Å². The highest BCUT2D eigenvalue weighted by Crippen LogP contribution is 2.37. The summed E-state index contributed by atoms with van der Waals surface area (Å²) in [6.07, 6.45) is 5.90. The van der Waals surface area contributed by atoms with Gasteiger partial charge in [0.2, 0.25) is 0 Å². The first-order chi connectivity index (χ1) is 14.1. The zero-order chi connectivity index (χ0) is 20.5. The number of aryl methyl sites for hydroxylation is 2. The number of aromatic nitrogens is 5. The number of hydrogen-bond donors (Lipinski definition) is 3. The Morgan fingerprint density at radius 2 is 2.17 bits per heavy atom. The Labute approximate surface area is 169 Å². The highest BCUT2D eigenvalue weighted by molar-refractivity contribution is 5.80. The highest BCUT2D eigenvalue weighted by Gasteiger charge is 2.31. The highest BCUT2D eigenvalue weighted by atomic mass is 15.3. The summed E-state index contributed by atoms with van der Waals surface area (Å²) >= 11 is 0. The summed E-state index contributed by atoms with van der Waals surface area (Å²) in [6.45, 7) is 12.8. The van der Waals surface area contributed by atoms with E-state index in [9.17, 15) is 0 Å². The molecule has 0 radical (unpaired) electrons. The van der Waals surface area contributed by atoms with E-state index >= 15 is 0 Å². The molecule has 1 saturated carbocycles. The standard InChI is InChI=1S/C20H27N9/c1-4-15-12(2)26-29-18(22)17(23-3)19(25-20(15)29)24-9-7-14-8-10-28(27-14)16-6-5-13(16)11-21/h8,10,13,16H,4-7,9,11,21-22H2,1-2H3,(H,24,25). The molecule has 152 valence electrons. The number of nitrogens with two attached hydrogens (primary N) is 2. The Kier molecular flexibility index (Phi) is 5.11. The monoisotopic (exact) mass is 393 g/mol. The van der Waals surface area contributed by atoms with Gasteiger partial charge >= 0.3 is 0 Å². The van der Waals surface area contributed by atoms with E-state index in [1.54, 1.807) is 4.52 Å². The zero-order valence-corrected chi connectivity index (χ0v) is 16.9. The predicted octanol–water partition coefficient (Wildman–Crippen LogP) is 2.49. The number of hydrogen-bond acceptors (Lipinski definition) is 6. The second-order valence-corrected chi connectivity index (χ2v) is 7.56. The van der Waals surface area contributed by atoms with Crippen molar-refractivity contribution in [3.8, 4) is 0 Å². The lowest BCUT2D eigenvalue weighted by molar-refractivity contribution is 0.173. The van der Waals surface area contributed by atoms with E-state index in [4.69, 9.17) is 23.1 Å². The van der Waals surface area contributed by atoms with E-state index in [2.05, 4.69) is 27.2 Å². The van der Waals surface area contributed by atoms with Crippen molar-refractivity contribution in [2.24, 2.45) is 11.7 Å². The van der Waals surface area contributed by atoms with E-state index < -0.39 is 0 Å². The first-order valence-electron chi connectivity index (χ1n) is 10.1. The Bertz CT molecular complexity index is 1070. The van der Waals surface area contributed by atoms with E-state index in [1.807, 2.05) is 23.9 Å². The predicted molar refractivity (Wildman–Crippen MR) is 113 cm³/mol. The van der Waals surface area contributed by atoms with Crippen LogP contribution in [0.3, 0.4) is 0 Å². The summed E-state index contributed by atoms with van der Waals surface area (Å²) in [6, 6.07) is 2.47. The minimum absolute atomic E-state index is 0.299. The molecular formula is C20H27N9. The smallest absolute Gasteiger partial charge is 0.268 e. The van der Waals surface area contributed by atoms with Crippen molar-refractivity contribution in [1.82, 2.24) is 24.4 Å². The van der Waals surface area contributed by atoms with Gasteiger partial charge in [0.15, 0.2) is 5.65 Å². The number of nitrogens with one attached hydrogen (secondary N) is 1. The fourth-order valence-corrected chi connectivity index (χ4v) is 4.04. The van der Waals surface area contributed by atoms with Gasteiger partial charge in [0, 0.05) is 24.7 Å². The fourth-order valence-electron chi connectivity index (χ4n) is 4.04. The van der Waals surface area contributed by atoms with E-state index in [0.717, 1.165) is 36.2 Å². The lowest BCUT2D eigenvalue weighted by Crippen LogP contribution is -2.34. The quantitative estimate of drug-likeness (QED) is 0.531. The maximum Gasteiger partial charge on any atom is 0.268 e. The number of anilines is 2. The lowest BCUT2D eigenvalue weighted by Gasteiger charge is -2.35. The molecule has 9 nitrogen and oxygen atoms in total. The fraction of sp³-hybridized carbons (Fsp3) is 0.500. The van der Waals surface area contributed by atoms with Crippen molar-refractivity contribution in [2.45, 2.75) is 45.6 Å². The normalized spacial score (nSPS) is 18.6. The van der Waals surface area contributed by atoms with Crippen molar-refractivity contribution < 1.29 is 0 Å². The second-order valence-electron chi connectivity index (χ2n) is 7.56. The van der Waals surface area contributed by atoms with Gasteiger partial charge in [-0.15, -0.1) is 0 Å². The summed E-state index contributed by atoms with van der Waals surface area (Å²) < 4.78 is 3.62. The molecule has 2 atom stereocenters. The maximum atomic E-state index is 7.52. The average Bonchev–Trinajstić information content (AvgIpc) is 3.25. The minimum Gasteiger partial charge on any atom is -0.392 e. The molecule has 3 aromatic heterocycles. The van der Waals surface area contributed by atoms with Crippen LogP contribution in [0.2, 0.25) is 0 Å². The molecular weight excluding hydrogens is 366 g/mol. The molecule has 0 saturated heterocycles. The largest absolute Gasteiger partial charge is 0.392 e. The van der Waals surface area contributed by atoms with Gasteiger partial charge in [-0.1, -0.05) is 6.92 Å². The first-order valence-corrected chi connectivity index (χ1v) is 10.1. The molecule has 1 aliphatic carbocycles. The molecule has 1 aliphatic rings. The maximum absolute atomic E-state index is 7.52. The molecule has 0 aliphatic heterocycles. The van der Waals surface area contributed by atoms with Crippen molar-refractivity contribution in [2.75, 3.05) is 24.1 Å². The summed E-state index contributed by atoms with van der Waals surface area (Å²) in [5.74, 6) is 1.35. The summed E-state index contributed by atoms with van der Waals surface area (Å²) in [7, 11) is 0. The molecule has 3 aromatic rings. The first kappa shape index (κ1) is 19.2. The number of nitrogens with zero attached hydrogens (tertiary/aromatic N) is 6.